The molecule has 0 bridgehead atoms. The normalized spacial score (nSPS) is 16.9. The van der Waals surface area contributed by atoms with E-state index in [2.05, 4.69) is 26.6 Å². The number of nitrogens with zero attached hydrogens (tertiary/aromatic N) is 3. The molecule has 2 aromatic heterocycles. The molecule has 1 saturated heterocycles. The highest BCUT2D eigenvalue weighted by Gasteiger charge is 2.42. The number of anilines is 2. The number of phenols is 1. The molecular weight excluding hydrogens is 542 g/mol. The first kappa shape index (κ1) is 27.7. The van der Waals surface area contributed by atoms with Gasteiger partial charge in [0, 0.05) is 39.9 Å². The molecule has 2 atom stereocenters. The Morgan fingerprint density at radius 3 is 2.55 bits per heavy atom. The van der Waals surface area contributed by atoms with Crippen LogP contribution < -0.4 is 15.5 Å². The Kier molecular flexibility index (Phi) is 7.57. The minimum Gasteiger partial charge on any atom is -0.506 e. The number of aromatic hydroxyl groups is 1. The summed E-state index contributed by atoms with van der Waals surface area (Å²) in [6.45, 7) is 9.76. The van der Waals surface area contributed by atoms with E-state index in [4.69, 9.17) is 23.8 Å². The van der Waals surface area contributed by atoms with Crippen LogP contribution in [0.4, 0.5) is 11.4 Å². The quantitative estimate of drug-likeness (QED) is 0.217. The van der Waals surface area contributed by atoms with Crippen molar-refractivity contribution in [1.82, 2.24) is 14.9 Å². The first-order valence-corrected chi connectivity index (χ1v) is 13.9. The predicted octanol–water partition coefficient (Wildman–Crippen LogP) is 6.93. The average Bonchev–Trinajstić information content (AvgIpc) is 3.41. The largest absolute Gasteiger partial charge is 0.506 e. The minimum absolute atomic E-state index is 0.0287. The molecule has 5 rings (SSSR count). The monoisotopic (exact) mass is 573 g/mol. The molecule has 3 N–H and O–H groups in total. The van der Waals surface area contributed by atoms with Crippen LogP contribution in [-0.4, -0.2) is 25.7 Å². The van der Waals surface area contributed by atoms with E-state index in [0.29, 0.717) is 15.8 Å². The van der Waals surface area contributed by atoms with Gasteiger partial charge in [-0.1, -0.05) is 31.5 Å². The highest BCUT2D eigenvalue weighted by molar-refractivity contribution is 7.80. The lowest BCUT2D eigenvalue weighted by molar-refractivity contribution is -0.118. The molecular formula is C31H32ClN5O2S. The molecule has 1 aliphatic heterocycles. The van der Waals surface area contributed by atoms with E-state index >= 15 is 0 Å². The van der Waals surface area contributed by atoms with Gasteiger partial charge in [0.1, 0.15) is 5.75 Å². The third-order valence-electron chi connectivity index (χ3n) is 7.34. The van der Waals surface area contributed by atoms with Gasteiger partial charge in [0.15, 0.2) is 5.11 Å². The number of carbonyl (C=O) groups is 1. The number of thiocarbonyl (C=S) groups is 1. The van der Waals surface area contributed by atoms with Crippen LogP contribution in [0.2, 0.25) is 5.02 Å². The third kappa shape index (κ3) is 5.05. The number of phenolic OH excluding ortho intramolecular Hbond substituents is 1. The number of amides is 1. The van der Waals surface area contributed by atoms with Crippen molar-refractivity contribution in [3.8, 4) is 11.4 Å². The number of aromatic nitrogens is 2. The van der Waals surface area contributed by atoms with Crippen LogP contribution in [0.1, 0.15) is 54.1 Å². The Bertz CT molecular complexity index is 1600. The minimum atomic E-state index is -0.237. The summed E-state index contributed by atoms with van der Waals surface area (Å²) in [5.41, 5.74) is 7.03. The Hall–Kier alpha value is -3.88. The summed E-state index contributed by atoms with van der Waals surface area (Å²) in [5.74, 6) is -0.00301. The maximum Gasteiger partial charge on any atom is 0.226 e. The molecule has 0 saturated carbocycles. The third-order valence-corrected chi connectivity index (χ3v) is 7.89. The van der Waals surface area contributed by atoms with Gasteiger partial charge in [-0.3, -0.25) is 9.78 Å². The Balaban J connectivity index is 1.64. The number of hydrogen-bond acceptors (Lipinski definition) is 4. The first-order chi connectivity index (χ1) is 19.1. The van der Waals surface area contributed by atoms with E-state index in [0.717, 1.165) is 39.6 Å². The van der Waals surface area contributed by atoms with Gasteiger partial charge in [-0.25, -0.2) is 0 Å². The summed E-state index contributed by atoms with van der Waals surface area (Å²) >= 11 is 12.2. The Morgan fingerprint density at radius 2 is 1.88 bits per heavy atom. The van der Waals surface area contributed by atoms with E-state index in [-0.39, 0.29) is 29.7 Å². The predicted molar refractivity (Wildman–Crippen MR) is 164 cm³/mol. The van der Waals surface area contributed by atoms with Crippen molar-refractivity contribution in [3.63, 3.8) is 0 Å². The number of rotatable bonds is 6. The van der Waals surface area contributed by atoms with Gasteiger partial charge in [-0.05, 0) is 98.7 Å². The zero-order valence-electron chi connectivity index (χ0n) is 23.1. The van der Waals surface area contributed by atoms with Gasteiger partial charge in [-0.2, -0.15) is 0 Å². The second kappa shape index (κ2) is 10.9. The number of carbonyl (C=O) groups excluding carboxylic acids is 1. The van der Waals surface area contributed by atoms with Crippen molar-refractivity contribution in [2.45, 2.75) is 46.7 Å². The van der Waals surface area contributed by atoms with Gasteiger partial charge in [-0.15, -0.1) is 0 Å². The standard InChI is InChI=1S/C31H32ClN5O2S/c1-17(2)30(39)34-24-11-10-22(14-18(24)3)37-29(28(35-31(37)40)25-8-6-7-13-33-25)23-15-19(4)36(20(23)5)26-16-21(32)9-12-27(26)38/h6-17,28-29,38H,1-5H3,(H,34,39)(H,35,40)/t28-,29-/m1/s1. The summed E-state index contributed by atoms with van der Waals surface area (Å²) in [5, 5.41) is 18.3. The number of benzene rings is 2. The van der Waals surface area contributed by atoms with Crippen molar-refractivity contribution in [1.29, 1.82) is 0 Å². The van der Waals surface area contributed by atoms with Crippen LogP contribution in [-0.2, 0) is 4.79 Å². The molecule has 0 radical (unpaired) electrons. The number of nitrogens with one attached hydrogen (secondary N) is 2. The highest BCUT2D eigenvalue weighted by atomic mass is 35.5. The van der Waals surface area contributed by atoms with Crippen LogP contribution in [0.25, 0.3) is 5.69 Å². The Morgan fingerprint density at radius 1 is 1.10 bits per heavy atom. The summed E-state index contributed by atoms with van der Waals surface area (Å²) < 4.78 is 2.02. The SMILES string of the molecule is Cc1cc(N2C(=S)N[C@H](c3ccccn3)[C@H]2c2cc(C)n(-c3cc(Cl)ccc3O)c2C)ccc1NC(=O)C(C)C. The summed E-state index contributed by atoms with van der Waals surface area (Å²) in [6.07, 6.45) is 1.78. The summed E-state index contributed by atoms with van der Waals surface area (Å²) in [6, 6.07) is 18.5. The number of halogens is 1. The molecule has 2 aromatic carbocycles. The van der Waals surface area contributed by atoms with Gasteiger partial charge in [0.25, 0.3) is 0 Å². The summed E-state index contributed by atoms with van der Waals surface area (Å²) in [7, 11) is 0. The van der Waals surface area contributed by atoms with Gasteiger partial charge >= 0.3 is 0 Å². The van der Waals surface area contributed by atoms with E-state index in [1.807, 2.05) is 75.6 Å². The molecule has 0 aliphatic carbocycles. The zero-order chi connectivity index (χ0) is 28.7. The maximum atomic E-state index is 12.3. The van der Waals surface area contributed by atoms with Crippen LogP contribution in [0.5, 0.6) is 5.75 Å². The molecule has 1 fully saturated rings. The lowest BCUT2D eigenvalue weighted by atomic mass is 9.96. The van der Waals surface area contributed by atoms with E-state index in [9.17, 15) is 9.90 Å². The smallest absolute Gasteiger partial charge is 0.226 e. The molecule has 0 unspecified atom stereocenters. The highest BCUT2D eigenvalue weighted by Crippen LogP contribution is 2.44. The van der Waals surface area contributed by atoms with Crippen molar-refractivity contribution >= 4 is 46.2 Å². The van der Waals surface area contributed by atoms with Gasteiger partial charge in [0.05, 0.1) is 23.5 Å². The van der Waals surface area contributed by atoms with E-state index in [1.165, 1.54) is 0 Å². The molecule has 4 aromatic rings. The fourth-order valence-corrected chi connectivity index (χ4v) is 5.81. The van der Waals surface area contributed by atoms with Crippen molar-refractivity contribution < 1.29 is 9.90 Å². The summed E-state index contributed by atoms with van der Waals surface area (Å²) in [4.78, 5) is 19.1. The number of hydrogen-bond donors (Lipinski definition) is 3. The van der Waals surface area contributed by atoms with Crippen LogP contribution in [0, 0.1) is 26.7 Å². The molecule has 9 heteroatoms. The van der Waals surface area contributed by atoms with Crippen molar-refractivity contribution in [2.75, 3.05) is 10.2 Å². The molecule has 7 nitrogen and oxygen atoms in total. The molecule has 40 heavy (non-hydrogen) atoms. The van der Waals surface area contributed by atoms with E-state index < -0.39 is 0 Å². The lowest BCUT2D eigenvalue weighted by Gasteiger charge is -2.29. The second-order valence-electron chi connectivity index (χ2n) is 10.4. The molecule has 1 amide bonds. The lowest BCUT2D eigenvalue weighted by Crippen LogP contribution is -2.29. The zero-order valence-corrected chi connectivity index (χ0v) is 24.6. The van der Waals surface area contributed by atoms with Crippen molar-refractivity contribution in [3.05, 3.63) is 100 Å². The average molecular weight is 574 g/mol. The molecule has 1 aliphatic rings. The number of aryl methyl sites for hydroxylation is 2. The van der Waals surface area contributed by atoms with Crippen LogP contribution >= 0.6 is 23.8 Å². The van der Waals surface area contributed by atoms with Crippen LogP contribution in [0.3, 0.4) is 0 Å². The van der Waals surface area contributed by atoms with Gasteiger partial charge < -0.3 is 25.2 Å². The van der Waals surface area contributed by atoms with Crippen LogP contribution in [0.15, 0.2) is 66.9 Å². The number of pyridine rings is 1. The fourth-order valence-electron chi connectivity index (χ4n) is 5.30. The van der Waals surface area contributed by atoms with E-state index in [1.54, 1.807) is 24.4 Å². The second-order valence-corrected chi connectivity index (χ2v) is 11.3. The van der Waals surface area contributed by atoms with Crippen molar-refractivity contribution in [2.24, 2.45) is 5.92 Å². The Labute approximate surface area is 244 Å². The fraction of sp³-hybridized carbons (Fsp3) is 0.258. The molecule has 3 heterocycles. The molecule has 206 valence electrons. The molecule has 0 spiro atoms. The topological polar surface area (TPSA) is 82.4 Å². The van der Waals surface area contributed by atoms with Gasteiger partial charge in [0.2, 0.25) is 5.91 Å². The first-order valence-electron chi connectivity index (χ1n) is 13.2. The maximum absolute atomic E-state index is 12.3.